The monoisotopic (exact) mass is 164 g/mol. The Kier molecular flexibility index (Phi) is 3.78. The van der Waals surface area contributed by atoms with Crippen LogP contribution in [0.1, 0.15) is 16.2 Å². The Labute approximate surface area is 86.5 Å². The molecule has 1 aromatic rings. The Morgan fingerprint density at radius 3 is 2.45 bits per heavy atom. The molecule has 0 fully saturated rings. The van der Waals surface area contributed by atoms with Crippen LogP contribution in [0.5, 0.6) is 0 Å². The van der Waals surface area contributed by atoms with Crippen molar-refractivity contribution >= 4 is 35.5 Å². The van der Waals surface area contributed by atoms with Gasteiger partial charge >= 0.3 is 35.5 Å². The average molecular weight is 164 g/mol. The summed E-state index contributed by atoms with van der Waals surface area (Å²) in [5.74, 6) is -0.933. The molecule has 1 aromatic heterocycles. The van der Waals surface area contributed by atoms with Crippen LogP contribution in [0.4, 0.5) is 0 Å². The van der Waals surface area contributed by atoms with E-state index in [1.54, 1.807) is 14.0 Å². The minimum atomic E-state index is -0.933. The molecule has 4 nitrogen and oxygen atoms in total. The third kappa shape index (κ3) is 2.05. The molecule has 0 aliphatic heterocycles. The SMILES string of the molecule is Cc1ncn(C)c1C(=O)O.[NaH]. The van der Waals surface area contributed by atoms with E-state index in [1.165, 1.54) is 10.9 Å². The third-order valence-corrected chi connectivity index (χ3v) is 1.32. The molecule has 5 heteroatoms. The Morgan fingerprint density at radius 1 is 1.73 bits per heavy atom. The van der Waals surface area contributed by atoms with Crippen LogP contribution >= 0.6 is 0 Å². The quantitative estimate of drug-likeness (QED) is 0.584. The van der Waals surface area contributed by atoms with Gasteiger partial charge in [-0.05, 0) is 6.92 Å². The number of hydrogen-bond donors (Lipinski definition) is 1. The van der Waals surface area contributed by atoms with Crippen LogP contribution in [0.15, 0.2) is 6.33 Å². The molecule has 0 bridgehead atoms. The third-order valence-electron chi connectivity index (χ3n) is 1.32. The number of aromatic carboxylic acids is 1. The first kappa shape index (κ1) is 10.7. The maximum absolute atomic E-state index is 10.4. The Bertz CT molecular complexity index is 250. The molecule has 0 atom stereocenters. The molecule has 0 aliphatic carbocycles. The number of hydrogen-bond acceptors (Lipinski definition) is 2. The summed E-state index contributed by atoms with van der Waals surface area (Å²) in [4.78, 5) is 14.3. The van der Waals surface area contributed by atoms with Crippen molar-refractivity contribution in [1.82, 2.24) is 9.55 Å². The van der Waals surface area contributed by atoms with Crippen molar-refractivity contribution in [2.75, 3.05) is 0 Å². The molecule has 0 spiro atoms. The zero-order valence-corrected chi connectivity index (χ0v) is 5.83. The molecule has 0 saturated heterocycles. The molecule has 56 valence electrons. The topological polar surface area (TPSA) is 55.1 Å². The first-order chi connectivity index (χ1) is 4.63. The number of imidazole rings is 1. The van der Waals surface area contributed by atoms with Gasteiger partial charge in [0.1, 0.15) is 5.69 Å². The van der Waals surface area contributed by atoms with Crippen LogP contribution < -0.4 is 0 Å². The molecule has 0 unspecified atom stereocenters. The van der Waals surface area contributed by atoms with E-state index in [4.69, 9.17) is 5.11 Å². The molecule has 1 heterocycles. The van der Waals surface area contributed by atoms with Gasteiger partial charge in [0.05, 0.1) is 12.0 Å². The van der Waals surface area contributed by atoms with Crippen LogP contribution in [0, 0.1) is 6.92 Å². The van der Waals surface area contributed by atoms with E-state index in [-0.39, 0.29) is 35.3 Å². The summed E-state index contributed by atoms with van der Waals surface area (Å²) in [6, 6.07) is 0. The van der Waals surface area contributed by atoms with Crippen LogP contribution in [0.25, 0.3) is 0 Å². The predicted molar refractivity (Wildman–Crippen MR) is 42.1 cm³/mol. The van der Waals surface area contributed by atoms with Gasteiger partial charge in [0.25, 0.3) is 0 Å². The standard InChI is InChI=1S/C6H8N2O2.Na.H/c1-4-5(6(9)10)8(2)3-7-4;;/h3H,1-2H3,(H,9,10);;. The summed E-state index contributed by atoms with van der Waals surface area (Å²) in [6.45, 7) is 1.67. The van der Waals surface area contributed by atoms with Crippen molar-refractivity contribution < 1.29 is 9.90 Å². The normalized spacial score (nSPS) is 8.91. The van der Waals surface area contributed by atoms with E-state index >= 15 is 0 Å². The molecule has 1 N–H and O–H groups in total. The van der Waals surface area contributed by atoms with Gasteiger partial charge in [-0.25, -0.2) is 9.78 Å². The first-order valence-electron chi connectivity index (χ1n) is 2.84. The van der Waals surface area contributed by atoms with Gasteiger partial charge in [-0.15, -0.1) is 0 Å². The molecule has 11 heavy (non-hydrogen) atoms. The summed E-state index contributed by atoms with van der Waals surface area (Å²) >= 11 is 0. The Hall–Kier alpha value is -0.320. The second-order valence-electron chi connectivity index (χ2n) is 2.09. The Morgan fingerprint density at radius 2 is 2.27 bits per heavy atom. The number of aromatic nitrogens is 2. The van der Waals surface area contributed by atoms with Crippen molar-refractivity contribution in [1.29, 1.82) is 0 Å². The number of nitrogens with zero attached hydrogens (tertiary/aromatic N) is 2. The predicted octanol–water partition coefficient (Wildman–Crippen LogP) is -0.222. The van der Waals surface area contributed by atoms with Gasteiger partial charge < -0.3 is 9.67 Å². The van der Waals surface area contributed by atoms with Crippen molar-refractivity contribution in [3.63, 3.8) is 0 Å². The fourth-order valence-electron chi connectivity index (χ4n) is 0.853. The van der Waals surface area contributed by atoms with Gasteiger partial charge in [-0.3, -0.25) is 0 Å². The summed E-state index contributed by atoms with van der Waals surface area (Å²) < 4.78 is 1.48. The van der Waals surface area contributed by atoms with Gasteiger partial charge in [0.2, 0.25) is 0 Å². The number of carboxylic acid groups (broad SMARTS) is 1. The van der Waals surface area contributed by atoms with Gasteiger partial charge in [0.15, 0.2) is 0 Å². The van der Waals surface area contributed by atoms with Crippen LogP contribution in [-0.4, -0.2) is 50.2 Å². The first-order valence-corrected chi connectivity index (χ1v) is 2.84. The number of carboxylic acids is 1. The van der Waals surface area contributed by atoms with Gasteiger partial charge in [0, 0.05) is 7.05 Å². The molecule has 0 aromatic carbocycles. The van der Waals surface area contributed by atoms with Crippen molar-refractivity contribution in [2.24, 2.45) is 7.05 Å². The van der Waals surface area contributed by atoms with Crippen molar-refractivity contribution in [3.8, 4) is 0 Å². The number of carbonyl (C=O) groups is 1. The zero-order chi connectivity index (χ0) is 7.72. The van der Waals surface area contributed by atoms with Gasteiger partial charge in [-0.1, -0.05) is 0 Å². The second-order valence-corrected chi connectivity index (χ2v) is 2.09. The molecule has 0 amide bonds. The van der Waals surface area contributed by atoms with Crippen molar-refractivity contribution in [2.45, 2.75) is 6.92 Å². The fraction of sp³-hybridized carbons (Fsp3) is 0.333. The van der Waals surface area contributed by atoms with E-state index in [2.05, 4.69) is 4.98 Å². The van der Waals surface area contributed by atoms with Crippen LogP contribution in [0.3, 0.4) is 0 Å². The van der Waals surface area contributed by atoms with Crippen LogP contribution in [0.2, 0.25) is 0 Å². The number of rotatable bonds is 1. The molecular weight excluding hydrogens is 155 g/mol. The van der Waals surface area contributed by atoms with E-state index in [9.17, 15) is 4.79 Å². The molecule has 0 radical (unpaired) electrons. The summed E-state index contributed by atoms with van der Waals surface area (Å²) in [6.07, 6.45) is 1.48. The fourth-order valence-corrected chi connectivity index (χ4v) is 0.853. The van der Waals surface area contributed by atoms with Gasteiger partial charge in [-0.2, -0.15) is 0 Å². The Balaban J connectivity index is 0.000001000. The minimum absolute atomic E-state index is 0. The molecule has 1 rings (SSSR count). The summed E-state index contributed by atoms with van der Waals surface area (Å²) in [5, 5.41) is 8.57. The van der Waals surface area contributed by atoms with E-state index in [0.717, 1.165) is 0 Å². The van der Waals surface area contributed by atoms with E-state index in [0.29, 0.717) is 5.69 Å². The number of aryl methyl sites for hydroxylation is 2. The zero-order valence-electron chi connectivity index (χ0n) is 5.83. The van der Waals surface area contributed by atoms with Crippen molar-refractivity contribution in [3.05, 3.63) is 17.7 Å². The second kappa shape index (κ2) is 3.90. The molecular formula is C6H9N2NaO2. The average Bonchev–Trinajstić information content (AvgIpc) is 2.11. The molecule has 0 aliphatic rings. The van der Waals surface area contributed by atoms with E-state index in [1.807, 2.05) is 0 Å². The molecule has 0 saturated carbocycles. The summed E-state index contributed by atoms with van der Waals surface area (Å²) in [5.41, 5.74) is 0.801. The maximum atomic E-state index is 10.4. The van der Waals surface area contributed by atoms with E-state index < -0.39 is 5.97 Å². The summed E-state index contributed by atoms with van der Waals surface area (Å²) in [7, 11) is 1.66. The van der Waals surface area contributed by atoms with Crippen LogP contribution in [-0.2, 0) is 7.05 Å².